The Balaban J connectivity index is 0.643. The number of nitrogens with zero attached hydrogens (tertiary/aromatic N) is 7. The summed E-state index contributed by atoms with van der Waals surface area (Å²) in [5.41, 5.74) is 5.03. The molecule has 86 heavy (non-hydrogen) atoms. The molecule has 5 heterocycles. The number of pyridine rings is 2. The Hall–Kier alpha value is -8.40. The van der Waals surface area contributed by atoms with Crippen LogP contribution in [0.5, 0.6) is 5.75 Å². The number of benzene rings is 3. The van der Waals surface area contributed by atoms with Gasteiger partial charge in [0.25, 0.3) is 17.7 Å². The molecule has 0 saturated heterocycles. The van der Waals surface area contributed by atoms with Crippen LogP contribution in [0.15, 0.2) is 103 Å². The number of carboxylic acid groups (broad SMARTS) is 1. The molecule has 12 rings (SSSR count). The summed E-state index contributed by atoms with van der Waals surface area (Å²) >= 11 is 1.39. The summed E-state index contributed by atoms with van der Waals surface area (Å²) in [5.74, 6) is -1.57. The Morgan fingerprint density at radius 3 is 2.41 bits per heavy atom. The molecule has 5 aliphatic rings. The molecule has 21 heteroatoms. The van der Waals surface area contributed by atoms with Gasteiger partial charge in [-0.25, -0.2) is 19.6 Å². The Morgan fingerprint density at radius 1 is 0.837 bits per heavy atom. The largest absolute Gasteiger partial charge is 0.491 e. The van der Waals surface area contributed by atoms with Crippen molar-refractivity contribution in [3.8, 4) is 28.1 Å². The van der Waals surface area contributed by atoms with Crippen molar-refractivity contribution in [1.82, 2.24) is 39.8 Å². The van der Waals surface area contributed by atoms with Gasteiger partial charge in [0.05, 0.1) is 58.6 Å². The van der Waals surface area contributed by atoms with Gasteiger partial charge in [-0.1, -0.05) is 55.9 Å². The monoisotopic (exact) mass is 1180 g/mol. The second-order valence-electron chi connectivity index (χ2n) is 24.3. The Morgan fingerprint density at radius 2 is 1.64 bits per heavy atom. The highest BCUT2D eigenvalue weighted by molar-refractivity contribution is 7.22. The average molecular weight is 1190 g/mol. The van der Waals surface area contributed by atoms with Crippen molar-refractivity contribution in [1.29, 1.82) is 0 Å². The number of fused-ring (bicyclic) bond motifs is 2. The van der Waals surface area contributed by atoms with Crippen LogP contribution in [0.3, 0.4) is 0 Å². The summed E-state index contributed by atoms with van der Waals surface area (Å²) in [5, 5.41) is 22.4. The van der Waals surface area contributed by atoms with E-state index in [1.807, 2.05) is 48.0 Å². The number of carboxylic acids is 1. The molecule has 447 valence electrons. The molecule has 2 unspecified atom stereocenters. The number of amides is 5. The number of para-hydroxylation sites is 1. The summed E-state index contributed by atoms with van der Waals surface area (Å²) in [6.07, 6.45) is 13.7. The van der Waals surface area contributed by atoms with Crippen molar-refractivity contribution in [3.63, 3.8) is 0 Å². The van der Waals surface area contributed by atoms with E-state index >= 15 is 0 Å². The smallest absolute Gasteiger partial charge is 0.409 e. The lowest BCUT2D eigenvalue weighted by Crippen LogP contribution is -2.64. The highest BCUT2D eigenvalue weighted by Gasteiger charge is 2.66. The molecule has 4 fully saturated rings. The molecule has 3 N–H and O–H groups in total. The van der Waals surface area contributed by atoms with E-state index in [1.54, 1.807) is 61.9 Å². The summed E-state index contributed by atoms with van der Waals surface area (Å²) in [6.45, 7) is 9.82. The maximum Gasteiger partial charge on any atom is 0.409 e. The maximum absolute atomic E-state index is 13.7. The normalized spacial score (nSPS) is 21.1. The van der Waals surface area contributed by atoms with Gasteiger partial charge in [0, 0.05) is 85.8 Å². The van der Waals surface area contributed by atoms with Crippen molar-refractivity contribution in [2.24, 2.45) is 16.2 Å². The van der Waals surface area contributed by atoms with Crippen LogP contribution >= 0.6 is 11.3 Å². The predicted octanol–water partition coefficient (Wildman–Crippen LogP) is 10.2. The summed E-state index contributed by atoms with van der Waals surface area (Å²) in [6, 6.07) is 26.8. The van der Waals surface area contributed by atoms with Gasteiger partial charge in [-0.2, -0.15) is 5.10 Å². The van der Waals surface area contributed by atoms with Crippen LogP contribution in [-0.4, -0.2) is 134 Å². The van der Waals surface area contributed by atoms with E-state index in [0.29, 0.717) is 127 Å². The van der Waals surface area contributed by atoms with Crippen LogP contribution < -0.4 is 15.4 Å². The van der Waals surface area contributed by atoms with Crippen LogP contribution in [0.1, 0.15) is 110 Å². The van der Waals surface area contributed by atoms with Crippen LogP contribution in [0.2, 0.25) is 0 Å². The van der Waals surface area contributed by atoms with Gasteiger partial charge < -0.3 is 34.3 Å². The zero-order valence-corrected chi connectivity index (χ0v) is 49.6. The highest BCUT2D eigenvalue weighted by atomic mass is 32.1. The van der Waals surface area contributed by atoms with E-state index in [4.69, 9.17) is 29.0 Å². The Labute approximate surface area is 502 Å². The van der Waals surface area contributed by atoms with E-state index in [1.165, 1.54) is 33.3 Å². The minimum absolute atomic E-state index is 0.0368. The molecular formula is C65H70N9O11S. The summed E-state index contributed by atoms with van der Waals surface area (Å²) in [4.78, 5) is 91.9. The SMILES string of the molecule is Cc1c(-c2ccc(-c3ccc4nccc(C(=O)Nc5nc6ccccc6s5)c4c3)nc2C(=O)O)cnn1CC12CC3(C)CC(C)(C1)CC(OCCN(C)C(=O)OCc1[c]cc(OCCOCCNC(=O)CCCCCN4C(=O)C=CC4=O)cc1)(C3)C2. The number of aromatic nitrogens is 5. The Bertz CT molecular complexity index is 3700. The second kappa shape index (κ2) is 24.9. The average Bonchev–Trinajstić information content (AvgIpc) is 0.792. The molecule has 1 radical (unpaired) electrons. The number of carbonyl (C=O) groups is 6. The number of carbonyl (C=O) groups excluding carboxylic acids is 5. The first kappa shape index (κ1) is 59.3. The minimum atomic E-state index is -1.17. The maximum atomic E-state index is 13.7. The first-order valence-corrected chi connectivity index (χ1v) is 30.0. The van der Waals surface area contributed by atoms with E-state index in [-0.39, 0.29) is 57.8 Å². The molecule has 4 aliphatic carbocycles. The number of imide groups is 1. The standard InChI is InChI=1S/C65H70N9O11S/c1-42-49(46-18-20-50(69-57(46)59(79)80)44-15-19-51-48(32-44)47(23-24-66-51)58(78)71-60-70-52-10-7-8-11-53(52)86-60)33-68-74(42)41-64-36-62(2)35-63(3,37-64)39-65(38-62,40-64)85-29-27-72(4)61(81)84-34-43-13-16-45(17-14-43)83-31-30-82-28-25-67-54(75)12-6-5-9-26-73-55(76)21-22-56(73)77/h7-8,10-11,13,15-24,32-33H,5-6,9,12,25-31,34-41H2,1-4H3,(H,67,75)(H,79,80)(H,70,71,78). The number of likely N-dealkylation sites (N-methyl/N-ethyl adjacent to an activating group) is 1. The highest BCUT2D eigenvalue weighted by Crippen LogP contribution is 2.72. The topological polar surface area (TPSA) is 247 Å². The van der Waals surface area contributed by atoms with Crippen LogP contribution in [-0.2, 0) is 41.7 Å². The molecule has 7 aromatic rings. The number of anilines is 1. The molecule has 4 bridgehead atoms. The molecule has 4 aromatic heterocycles. The quantitative estimate of drug-likeness (QED) is 0.0337. The number of unbranched alkanes of at least 4 members (excludes halogenated alkanes) is 2. The fraction of sp³-hybridized carbons (Fsp3) is 0.415. The fourth-order valence-electron chi connectivity index (χ4n) is 14.4. The van der Waals surface area contributed by atoms with Crippen molar-refractivity contribution in [2.75, 3.05) is 58.4 Å². The zero-order valence-electron chi connectivity index (χ0n) is 48.8. The third kappa shape index (κ3) is 13.3. The minimum Gasteiger partial charge on any atom is -0.491 e. The third-order valence-corrected chi connectivity index (χ3v) is 18.0. The third-order valence-electron chi connectivity index (χ3n) is 17.0. The first-order valence-electron chi connectivity index (χ1n) is 29.2. The Kier molecular flexibility index (Phi) is 17.2. The zero-order chi connectivity index (χ0) is 60.2. The lowest BCUT2D eigenvalue weighted by atomic mass is 9.39. The summed E-state index contributed by atoms with van der Waals surface area (Å²) < 4.78 is 27.0. The van der Waals surface area contributed by atoms with E-state index < -0.39 is 12.1 Å². The number of ether oxygens (including phenoxy) is 4. The molecule has 3 aromatic carbocycles. The number of thiazole rings is 1. The first-order chi connectivity index (χ1) is 41.4. The molecule has 2 atom stereocenters. The summed E-state index contributed by atoms with van der Waals surface area (Å²) in [7, 11) is 1.71. The number of aromatic carboxylic acids is 1. The van der Waals surface area contributed by atoms with Crippen LogP contribution in [0.25, 0.3) is 43.5 Å². The van der Waals surface area contributed by atoms with Crippen molar-refractivity contribution in [2.45, 2.75) is 104 Å². The van der Waals surface area contributed by atoms with Crippen LogP contribution in [0.4, 0.5) is 9.93 Å². The van der Waals surface area contributed by atoms with Gasteiger partial charge in [-0.15, -0.1) is 0 Å². The number of hydrogen-bond donors (Lipinski definition) is 3. The molecule has 0 spiro atoms. The predicted molar refractivity (Wildman–Crippen MR) is 322 cm³/mol. The molecule has 4 saturated carbocycles. The number of rotatable bonds is 26. The van der Waals surface area contributed by atoms with Gasteiger partial charge in [0.1, 0.15) is 19.0 Å². The van der Waals surface area contributed by atoms with Crippen molar-refractivity contribution < 1.29 is 52.8 Å². The molecule has 1 aliphatic heterocycles. The van der Waals surface area contributed by atoms with Crippen molar-refractivity contribution >= 4 is 73.3 Å². The van der Waals surface area contributed by atoms with Gasteiger partial charge >= 0.3 is 12.1 Å². The lowest BCUT2D eigenvalue weighted by molar-refractivity contribution is -0.248. The van der Waals surface area contributed by atoms with Crippen molar-refractivity contribution in [3.05, 3.63) is 132 Å². The molecular weight excluding hydrogens is 1110 g/mol. The lowest BCUT2D eigenvalue weighted by Gasteiger charge is -2.69. The van der Waals surface area contributed by atoms with Gasteiger partial charge in [0.15, 0.2) is 10.8 Å². The second-order valence-corrected chi connectivity index (χ2v) is 25.3. The van der Waals surface area contributed by atoms with E-state index in [9.17, 15) is 33.9 Å². The number of hydrogen-bond acceptors (Lipinski definition) is 15. The fourth-order valence-corrected chi connectivity index (χ4v) is 15.2. The van der Waals surface area contributed by atoms with Crippen LogP contribution in [0, 0.1) is 29.2 Å². The van der Waals surface area contributed by atoms with Gasteiger partial charge in [-0.3, -0.25) is 39.1 Å². The van der Waals surface area contributed by atoms with E-state index in [2.05, 4.69) is 40.5 Å². The van der Waals surface area contributed by atoms with E-state index in [0.717, 1.165) is 60.9 Å². The van der Waals surface area contributed by atoms with Gasteiger partial charge in [-0.05, 0) is 141 Å². The molecule has 20 nitrogen and oxygen atoms in total. The number of nitrogens with one attached hydrogen (secondary N) is 2. The molecule has 5 amide bonds. The van der Waals surface area contributed by atoms with Gasteiger partial charge in [0.2, 0.25) is 5.91 Å².